The lowest BCUT2D eigenvalue weighted by Gasteiger charge is -2.26. The Balaban J connectivity index is 2.17. The smallest absolute Gasteiger partial charge is 0.325 e. The molecule has 118 valence electrons. The van der Waals surface area contributed by atoms with Crippen molar-refractivity contribution in [3.05, 3.63) is 45.9 Å². The minimum absolute atomic E-state index is 0.628. The van der Waals surface area contributed by atoms with Crippen LogP contribution in [0.3, 0.4) is 0 Å². The van der Waals surface area contributed by atoms with Crippen molar-refractivity contribution in [1.29, 1.82) is 0 Å². The van der Waals surface area contributed by atoms with Gasteiger partial charge in [0.15, 0.2) is 0 Å². The van der Waals surface area contributed by atoms with Crippen molar-refractivity contribution in [2.45, 2.75) is 24.3 Å². The van der Waals surface area contributed by atoms with Crippen molar-refractivity contribution < 1.29 is 9.90 Å². The van der Waals surface area contributed by atoms with Gasteiger partial charge in [0.2, 0.25) is 0 Å². The Labute approximate surface area is 139 Å². The summed E-state index contributed by atoms with van der Waals surface area (Å²) >= 11 is 3.20. The summed E-state index contributed by atoms with van der Waals surface area (Å²) in [4.78, 5) is 20.1. The first-order chi connectivity index (χ1) is 10.5. The summed E-state index contributed by atoms with van der Waals surface area (Å²) in [6.07, 6.45) is 2.79. The standard InChI is InChI=1S/C16H20N2O2S2/c1-11-13(22-10-17-11)8-9-18(2)15(16(19)20)12-6-4-5-7-14(12)21-3/h4-7,10,15H,8-9H2,1-3H3,(H,19,20)/t15-/m1/s1. The summed E-state index contributed by atoms with van der Waals surface area (Å²) in [6, 6.07) is 7.08. The monoisotopic (exact) mass is 336 g/mol. The fraction of sp³-hybridized carbons (Fsp3) is 0.375. The molecule has 22 heavy (non-hydrogen) atoms. The minimum atomic E-state index is -0.815. The highest BCUT2D eigenvalue weighted by atomic mass is 32.2. The van der Waals surface area contributed by atoms with Crippen molar-refractivity contribution in [1.82, 2.24) is 9.88 Å². The van der Waals surface area contributed by atoms with Crippen LogP contribution in [0.15, 0.2) is 34.7 Å². The molecule has 0 aliphatic carbocycles. The molecule has 1 atom stereocenters. The zero-order valence-electron chi connectivity index (χ0n) is 12.9. The van der Waals surface area contributed by atoms with Gasteiger partial charge in [0.1, 0.15) is 6.04 Å². The predicted molar refractivity (Wildman–Crippen MR) is 91.8 cm³/mol. The van der Waals surface area contributed by atoms with E-state index >= 15 is 0 Å². The molecule has 1 heterocycles. The van der Waals surface area contributed by atoms with E-state index in [2.05, 4.69) is 4.98 Å². The van der Waals surface area contributed by atoms with Gasteiger partial charge in [0.05, 0.1) is 11.2 Å². The number of aromatic nitrogens is 1. The minimum Gasteiger partial charge on any atom is -0.480 e. The molecule has 0 amide bonds. The maximum Gasteiger partial charge on any atom is 0.325 e. The summed E-state index contributed by atoms with van der Waals surface area (Å²) in [5.41, 5.74) is 3.73. The zero-order chi connectivity index (χ0) is 16.1. The second-order valence-electron chi connectivity index (χ2n) is 5.07. The molecular formula is C16H20N2O2S2. The molecule has 0 unspecified atom stereocenters. The van der Waals surface area contributed by atoms with Gasteiger partial charge in [0.25, 0.3) is 0 Å². The Hall–Kier alpha value is -1.37. The fourth-order valence-corrected chi connectivity index (χ4v) is 3.82. The normalized spacial score (nSPS) is 12.5. The SMILES string of the molecule is CSc1ccccc1[C@H](C(=O)O)N(C)CCc1scnc1C. The Morgan fingerprint density at radius 1 is 1.45 bits per heavy atom. The lowest BCUT2D eigenvalue weighted by molar-refractivity contribution is -0.143. The molecule has 0 radical (unpaired) electrons. The van der Waals surface area contributed by atoms with Crippen LogP contribution in [0.2, 0.25) is 0 Å². The highest BCUT2D eigenvalue weighted by Crippen LogP contribution is 2.29. The number of thiazole rings is 1. The highest BCUT2D eigenvalue weighted by molar-refractivity contribution is 7.98. The number of thioether (sulfide) groups is 1. The van der Waals surface area contributed by atoms with Crippen LogP contribution in [0.5, 0.6) is 0 Å². The van der Waals surface area contributed by atoms with E-state index in [1.54, 1.807) is 23.1 Å². The van der Waals surface area contributed by atoms with Crippen LogP contribution in [-0.4, -0.2) is 40.8 Å². The molecule has 4 nitrogen and oxygen atoms in total. The summed E-state index contributed by atoms with van der Waals surface area (Å²) in [5.74, 6) is -0.815. The topological polar surface area (TPSA) is 53.4 Å². The van der Waals surface area contributed by atoms with Gasteiger partial charge in [-0.3, -0.25) is 9.69 Å². The summed E-state index contributed by atoms with van der Waals surface area (Å²) in [7, 11) is 1.87. The van der Waals surface area contributed by atoms with E-state index in [4.69, 9.17) is 0 Å². The number of aliphatic carboxylic acids is 1. The molecule has 0 aliphatic rings. The number of nitrogens with zero attached hydrogens (tertiary/aromatic N) is 2. The Kier molecular flexibility index (Phi) is 5.99. The van der Waals surface area contributed by atoms with Crippen LogP contribution in [-0.2, 0) is 11.2 Å². The van der Waals surface area contributed by atoms with Gasteiger partial charge in [-0.15, -0.1) is 23.1 Å². The molecule has 1 aromatic carbocycles. The quantitative estimate of drug-likeness (QED) is 0.785. The molecule has 6 heteroatoms. The number of hydrogen-bond donors (Lipinski definition) is 1. The molecule has 0 aliphatic heterocycles. The number of carboxylic acids is 1. The van der Waals surface area contributed by atoms with Crippen LogP contribution in [0.4, 0.5) is 0 Å². The number of rotatable bonds is 7. The van der Waals surface area contributed by atoms with E-state index in [9.17, 15) is 9.90 Å². The van der Waals surface area contributed by atoms with Crippen LogP contribution >= 0.6 is 23.1 Å². The van der Waals surface area contributed by atoms with Gasteiger partial charge in [-0.1, -0.05) is 18.2 Å². The third-order valence-corrected chi connectivity index (χ3v) is 5.45. The second kappa shape index (κ2) is 7.76. The zero-order valence-corrected chi connectivity index (χ0v) is 14.6. The first-order valence-corrected chi connectivity index (χ1v) is 9.10. The summed E-state index contributed by atoms with van der Waals surface area (Å²) in [6.45, 7) is 2.67. The van der Waals surface area contributed by atoms with Crippen molar-refractivity contribution in [3.63, 3.8) is 0 Å². The van der Waals surface area contributed by atoms with E-state index in [-0.39, 0.29) is 0 Å². The summed E-state index contributed by atoms with van der Waals surface area (Å²) < 4.78 is 0. The van der Waals surface area contributed by atoms with E-state index in [1.165, 1.54) is 4.88 Å². The number of benzene rings is 1. The Morgan fingerprint density at radius 3 is 2.77 bits per heavy atom. The Morgan fingerprint density at radius 2 is 2.18 bits per heavy atom. The van der Waals surface area contributed by atoms with Crippen molar-refractivity contribution in [3.8, 4) is 0 Å². The number of hydrogen-bond acceptors (Lipinski definition) is 5. The van der Waals surface area contributed by atoms with Gasteiger partial charge in [-0.25, -0.2) is 4.98 Å². The third-order valence-electron chi connectivity index (χ3n) is 3.64. The van der Waals surface area contributed by atoms with E-state index < -0.39 is 12.0 Å². The van der Waals surface area contributed by atoms with Gasteiger partial charge in [-0.05, 0) is 38.3 Å². The lowest BCUT2D eigenvalue weighted by atomic mass is 10.1. The van der Waals surface area contributed by atoms with Gasteiger partial charge in [-0.2, -0.15) is 0 Å². The van der Waals surface area contributed by atoms with Gasteiger partial charge >= 0.3 is 5.97 Å². The first kappa shape index (κ1) is 17.0. The maximum absolute atomic E-state index is 11.8. The number of aryl methyl sites for hydroxylation is 1. The molecule has 0 bridgehead atoms. The van der Waals surface area contributed by atoms with E-state index in [0.29, 0.717) is 6.54 Å². The molecule has 0 fully saturated rings. The summed E-state index contributed by atoms with van der Waals surface area (Å²) in [5, 5.41) is 9.67. The Bertz CT molecular complexity index is 643. The first-order valence-electron chi connectivity index (χ1n) is 6.99. The largest absolute Gasteiger partial charge is 0.480 e. The van der Waals surface area contributed by atoms with Crippen LogP contribution in [0, 0.1) is 6.92 Å². The lowest BCUT2D eigenvalue weighted by Crippen LogP contribution is -2.32. The maximum atomic E-state index is 11.8. The van der Waals surface area contributed by atoms with Crippen LogP contribution in [0.1, 0.15) is 22.2 Å². The number of likely N-dealkylation sites (N-methyl/N-ethyl adjacent to an activating group) is 1. The predicted octanol–water partition coefficient (Wildman–Crippen LogP) is 3.47. The van der Waals surface area contributed by atoms with E-state index in [0.717, 1.165) is 22.6 Å². The molecule has 2 aromatic rings. The average molecular weight is 336 g/mol. The number of carbonyl (C=O) groups is 1. The van der Waals surface area contributed by atoms with Crippen molar-refractivity contribution in [2.75, 3.05) is 19.8 Å². The molecule has 2 rings (SSSR count). The van der Waals surface area contributed by atoms with E-state index in [1.807, 2.05) is 54.9 Å². The average Bonchev–Trinajstić information content (AvgIpc) is 2.91. The molecule has 1 N–H and O–H groups in total. The molecule has 0 spiro atoms. The highest BCUT2D eigenvalue weighted by Gasteiger charge is 2.26. The third kappa shape index (κ3) is 3.88. The molecule has 0 saturated carbocycles. The number of carboxylic acid groups (broad SMARTS) is 1. The molecular weight excluding hydrogens is 316 g/mol. The van der Waals surface area contributed by atoms with Gasteiger partial charge < -0.3 is 5.11 Å². The van der Waals surface area contributed by atoms with Gasteiger partial charge in [0, 0.05) is 16.3 Å². The van der Waals surface area contributed by atoms with Crippen LogP contribution in [0.25, 0.3) is 0 Å². The molecule has 0 saturated heterocycles. The second-order valence-corrected chi connectivity index (χ2v) is 6.86. The molecule has 1 aromatic heterocycles. The van der Waals surface area contributed by atoms with Crippen LogP contribution < -0.4 is 0 Å². The van der Waals surface area contributed by atoms with Crippen molar-refractivity contribution >= 4 is 29.1 Å². The fourth-order valence-electron chi connectivity index (χ4n) is 2.42. The van der Waals surface area contributed by atoms with Crippen molar-refractivity contribution in [2.24, 2.45) is 0 Å².